The normalized spacial score (nSPS) is 11.1. The second-order valence-electron chi connectivity index (χ2n) is 9.26. The molecule has 0 fully saturated rings. The quantitative estimate of drug-likeness (QED) is 0.153. The van der Waals surface area contributed by atoms with Gasteiger partial charge in [-0.3, -0.25) is 4.79 Å². The molecule has 8 nitrogen and oxygen atoms in total. The molecule has 2 aromatic heterocycles. The van der Waals surface area contributed by atoms with Crippen LogP contribution in [0.4, 0.5) is 15.9 Å². The second kappa shape index (κ2) is 13.9. The third-order valence-electron chi connectivity index (χ3n) is 6.43. The van der Waals surface area contributed by atoms with Crippen LogP contribution in [-0.4, -0.2) is 39.4 Å². The summed E-state index contributed by atoms with van der Waals surface area (Å²) in [6.45, 7) is 2.33. The molecule has 0 amide bonds. The lowest BCUT2D eigenvalue weighted by Crippen LogP contribution is -2.04. The van der Waals surface area contributed by atoms with Gasteiger partial charge in [-0.05, 0) is 37.1 Å². The van der Waals surface area contributed by atoms with E-state index in [1.807, 2.05) is 19.2 Å². The Morgan fingerprint density at radius 2 is 1.90 bits per heavy atom. The number of hydrogen-bond acceptors (Lipinski definition) is 7. The molecule has 0 spiro atoms. The SMILES string of the molecule is CCC(=O)CCCCCCc1ncc(CCOc2cc3c(Nc4ccc(F)c(Cl)c4)ncnc3cc2OC)[nH]1. The highest BCUT2D eigenvalue weighted by Crippen LogP contribution is 2.35. The van der Waals surface area contributed by atoms with Crippen LogP contribution in [0.15, 0.2) is 42.9 Å². The minimum Gasteiger partial charge on any atom is -0.493 e. The Labute approximate surface area is 232 Å². The zero-order valence-corrected chi connectivity index (χ0v) is 23.0. The maximum absolute atomic E-state index is 13.6. The first kappa shape index (κ1) is 28.3. The van der Waals surface area contributed by atoms with Gasteiger partial charge in [0.2, 0.25) is 0 Å². The molecule has 0 unspecified atom stereocenters. The number of benzene rings is 2. The molecule has 0 saturated carbocycles. The molecule has 2 heterocycles. The summed E-state index contributed by atoms with van der Waals surface area (Å²) in [7, 11) is 1.58. The van der Waals surface area contributed by atoms with Crippen molar-refractivity contribution < 1.29 is 18.7 Å². The van der Waals surface area contributed by atoms with E-state index in [1.54, 1.807) is 19.2 Å². The first-order chi connectivity index (χ1) is 19.0. The Hall–Kier alpha value is -3.72. The minimum atomic E-state index is -0.490. The molecular formula is C29H33ClFN5O3. The number of unbranched alkanes of at least 4 members (excludes halogenated alkanes) is 3. The van der Waals surface area contributed by atoms with Crippen molar-refractivity contribution in [2.24, 2.45) is 0 Å². The van der Waals surface area contributed by atoms with E-state index in [0.717, 1.165) is 49.0 Å². The number of methoxy groups -OCH3 is 1. The van der Waals surface area contributed by atoms with E-state index >= 15 is 0 Å². The summed E-state index contributed by atoms with van der Waals surface area (Å²) in [5.74, 6) is 2.47. The fraction of sp³-hybridized carbons (Fsp3) is 0.379. The number of anilines is 2. The average molecular weight is 554 g/mol. The number of Topliss-reactive ketones (excluding diaryl/α,β-unsaturated/α-hetero) is 1. The standard InChI is InChI=1S/C29H33ClFN5O3/c1-3-21(37)8-6-4-5-7-9-28-32-17-20(35-28)12-13-39-27-15-22-25(16-26(27)38-2)33-18-34-29(22)36-19-10-11-24(31)23(30)14-19/h10-11,14-18H,3-9,12-13H2,1-2H3,(H,32,35)(H,33,34,36). The molecule has 0 atom stereocenters. The molecule has 0 aliphatic heterocycles. The third kappa shape index (κ3) is 7.89. The molecule has 4 aromatic rings. The van der Waals surface area contributed by atoms with Gasteiger partial charge in [0.1, 0.15) is 29.6 Å². The Morgan fingerprint density at radius 1 is 1.05 bits per heavy atom. The number of H-pyrrole nitrogens is 1. The zero-order valence-electron chi connectivity index (χ0n) is 22.2. The molecule has 0 radical (unpaired) electrons. The number of imidazole rings is 1. The highest BCUT2D eigenvalue weighted by atomic mass is 35.5. The molecule has 206 valence electrons. The number of aryl methyl sites for hydroxylation is 1. The van der Waals surface area contributed by atoms with Crippen LogP contribution in [0.3, 0.4) is 0 Å². The van der Waals surface area contributed by atoms with Crippen LogP contribution in [0.25, 0.3) is 10.9 Å². The lowest BCUT2D eigenvalue weighted by atomic mass is 10.1. The van der Waals surface area contributed by atoms with Crippen molar-refractivity contribution in [3.63, 3.8) is 0 Å². The molecular weight excluding hydrogens is 521 g/mol. The van der Waals surface area contributed by atoms with E-state index in [0.29, 0.717) is 60.2 Å². The molecule has 0 aliphatic rings. The number of carbonyl (C=O) groups is 1. The number of halogens is 2. The van der Waals surface area contributed by atoms with Crippen LogP contribution in [0.5, 0.6) is 11.5 Å². The summed E-state index contributed by atoms with van der Waals surface area (Å²) >= 11 is 5.93. The van der Waals surface area contributed by atoms with Crippen LogP contribution in [0.2, 0.25) is 5.02 Å². The maximum atomic E-state index is 13.6. The molecule has 2 N–H and O–H groups in total. The fourth-order valence-electron chi connectivity index (χ4n) is 4.22. The summed E-state index contributed by atoms with van der Waals surface area (Å²) in [6, 6.07) is 8.00. The van der Waals surface area contributed by atoms with E-state index in [9.17, 15) is 9.18 Å². The Bertz CT molecular complexity index is 1410. The molecule has 2 aromatic carbocycles. The lowest BCUT2D eigenvalue weighted by Gasteiger charge is -2.14. The van der Waals surface area contributed by atoms with Gasteiger partial charge >= 0.3 is 0 Å². The second-order valence-corrected chi connectivity index (χ2v) is 9.66. The van der Waals surface area contributed by atoms with Crippen molar-refractivity contribution in [1.82, 2.24) is 19.9 Å². The summed E-state index contributed by atoms with van der Waals surface area (Å²) in [5, 5.41) is 3.91. The van der Waals surface area contributed by atoms with E-state index in [1.165, 1.54) is 18.5 Å². The number of ketones is 1. The zero-order chi connectivity index (χ0) is 27.6. The van der Waals surface area contributed by atoms with Crippen molar-refractivity contribution in [3.8, 4) is 11.5 Å². The summed E-state index contributed by atoms with van der Waals surface area (Å²) in [5.41, 5.74) is 2.26. The number of hydrogen-bond donors (Lipinski definition) is 2. The highest BCUT2D eigenvalue weighted by molar-refractivity contribution is 6.31. The van der Waals surface area contributed by atoms with Gasteiger partial charge in [-0.2, -0.15) is 0 Å². The van der Waals surface area contributed by atoms with Gasteiger partial charge in [0, 0.05) is 54.7 Å². The minimum absolute atomic E-state index is 0.0196. The Morgan fingerprint density at radius 3 is 2.69 bits per heavy atom. The van der Waals surface area contributed by atoms with E-state index in [2.05, 4.69) is 25.3 Å². The molecule has 0 saturated heterocycles. The van der Waals surface area contributed by atoms with Gasteiger partial charge in [-0.1, -0.05) is 31.4 Å². The molecule has 0 aliphatic carbocycles. The Balaban J connectivity index is 1.34. The predicted molar refractivity (Wildman–Crippen MR) is 151 cm³/mol. The molecule has 39 heavy (non-hydrogen) atoms. The van der Waals surface area contributed by atoms with Crippen LogP contribution in [0.1, 0.15) is 57.0 Å². The van der Waals surface area contributed by atoms with Gasteiger partial charge in [-0.15, -0.1) is 0 Å². The number of nitrogens with zero attached hydrogens (tertiary/aromatic N) is 3. The molecule has 4 rings (SSSR count). The number of rotatable bonds is 15. The van der Waals surface area contributed by atoms with E-state index in [4.69, 9.17) is 21.1 Å². The van der Waals surface area contributed by atoms with Crippen molar-refractivity contribution in [1.29, 1.82) is 0 Å². The summed E-state index contributed by atoms with van der Waals surface area (Å²) < 4.78 is 25.2. The van der Waals surface area contributed by atoms with Crippen molar-refractivity contribution in [3.05, 3.63) is 65.2 Å². The first-order valence-corrected chi connectivity index (χ1v) is 13.6. The van der Waals surface area contributed by atoms with Crippen molar-refractivity contribution in [2.75, 3.05) is 19.0 Å². The third-order valence-corrected chi connectivity index (χ3v) is 6.72. The maximum Gasteiger partial charge on any atom is 0.162 e. The molecule has 10 heteroatoms. The van der Waals surface area contributed by atoms with Gasteiger partial charge in [0.05, 0.1) is 24.3 Å². The van der Waals surface area contributed by atoms with Crippen LogP contribution >= 0.6 is 11.6 Å². The number of aromatic amines is 1. The monoisotopic (exact) mass is 553 g/mol. The van der Waals surface area contributed by atoms with E-state index < -0.39 is 5.82 Å². The Kier molecular flexibility index (Phi) is 10.1. The van der Waals surface area contributed by atoms with Gasteiger partial charge in [0.15, 0.2) is 11.5 Å². The highest BCUT2D eigenvalue weighted by Gasteiger charge is 2.13. The van der Waals surface area contributed by atoms with Crippen molar-refractivity contribution in [2.45, 2.75) is 58.3 Å². The summed E-state index contributed by atoms with van der Waals surface area (Å²) in [6.07, 6.45) is 10.3. The number of aromatic nitrogens is 4. The van der Waals surface area contributed by atoms with E-state index in [-0.39, 0.29) is 5.02 Å². The topological polar surface area (TPSA) is 102 Å². The predicted octanol–water partition coefficient (Wildman–Crippen LogP) is 6.99. The van der Waals surface area contributed by atoms with Crippen molar-refractivity contribution >= 4 is 39.8 Å². The lowest BCUT2D eigenvalue weighted by molar-refractivity contribution is -0.118. The summed E-state index contributed by atoms with van der Waals surface area (Å²) in [4.78, 5) is 28.0. The molecule has 0 bridgehead atoms. The van der Waals surface area contributed by atoms with Crippen LogP contribution < -0.4 is 14.8 Å². The largest absolute Gasteiger partial charge is 0.493 e. The number of ether oxygens (including phenoxy) is 2. The first-order valence-electron chi connectivity index (χ1n) is 13.2. The van der Waals surface area contributed by atoms with Crippen LogP contribution in [-0.2, 0) is 17.6 Å². The van der Waals surface area contributed by atoms with Gasteiger partial charge in [0.25, 0.3) is 0 Å². The van der Waals surface area contributed by atoms with Gasteiger partial charge in [-0.25, -0.2) is 19.3 Å². The number of carbonyl (C=O) groups excluding carboxylic acids is 1. The smallest absolute Gasteiger partial charge is 0.162 e. The van der Waals surface area contributed by atoms with Crippen LogP contribution in [0, 0.1) is 5.82 Å². The average Bonchev–Trinajstić information content (AvgIpc) is 3.39. The van der Waals surface area contributed by atoms with Gasteiger partial charge < -0.3 is 19.8 Å². The fourth-order valence-corrected chi connectivity index (χ4v) is 4.40. The number of fused-ring (bicyclic) bond motifs is 1. The number of nitrogens with one attached hydrogen (secondary N) is 2.